The van der Waals surface area contributed by atoms with Crippen LogP contribution in [0.5, 0.6) is 5.75 Å². The van der Waals surface area contributed by atoms with Gasteiger partial charge in [-0.2, -0.15) is 0 Å². The first-order valence-electron chi connectivity index (χ1n) is 6.64. The van der Waals surface area contributed by atoms with Crippen molar-refractivity contribution >= 4 is 40.8 Å². The molecule has 1 aliphatic rings. The van der Waals surface area contributed by atoms with Crippen molar-refractivity contribution in [1.82, 2.24) is 0 Å². The summed E-state index contributed by atoms with van der Waals surface area (Å²) in [6.07, 6.45) is -4.57. The van der Waals surface area contributed by atoms with E-state index in [4.69, 9.17) is 27.9 Å². The fourth-order valence-electron chi connectivity index (χ4n) is 1.85. The number of carbonyl (C=O) groups excluding carboxylic acids is 2. The number of halogens is 5. The van der Waals surface area contributed by atoms with Crippen molar-refractivity contribution < 1.29 is 32.2 Å². The quantitative estimate of drug-likeness (QED) is 0.620. The summed E-state index contributed by atoms with van der Waals surface area (Å²) in [6, 6.07) is 4.50. The lowest BCUT2D eigenvalue weighted by molar-refractivity contribution is -0.274. The molecule has 0 unspecified atom stereocenters. The molecule has 0 aliphatic heterocycles. The first kappa shape index (κ1) is 18.7. The molecule has 132 valence electrons. The Balaban J connectivity index is 1.81. The minimum absolute atomic E-state index is 0.215. The molecular formula is C14H12Cl2F3NO4. The van der Waals surface area contributed by atoms with Crippen molar-refractivity contribution in [1.29, 1.82) is 0 Å². The van der Waals surface area contributed by atoms with Gasteiger partial charge in [-0.3, -0.25) is 9.59 Å². The fraction of sp³-hybridized carbons (Fsp3) is 0.429. The number of hydrogen-bond donors (Lipinski definition) is 1. The van der Waals surface area contributed by atoms with Gasteiger partial charge in [0.1, 0.15) is 15.5 Å². The van der Waals surface area contributed by atoms with Gasteiger partial charge in [-0.25, -0.2) is 0 Å². The average molecular weight is 386 g/mol. The normalized spacial score (nSPS) is 21.8. The maximum atomic E-state index is 12.0. The van der Waals surface area contributed by atoms with Gasteiger partial charge in [-0.1, -0.05) is 0 Å². The largest absolute Gasteiger partial charge is 0.573 e. The smallest absolute Gasteiger partial charge is 0.455 e. The van der Waals surface area contributed by atoms with E-state index >= 15 is 0 Å². The van der Waals surface area contributed by atoms with Crippen LogP contribution in [0.1, 0.15) is 13.3 Å². The second-order valence-electron chi connectivity index (χ2n) is 5.41. The zero-order valence-electron chi connectivity index (χ0n) is 12.2. The maximum absolute atomic E-state index is 12.0. The van der Waals surface area contributed by atoms with Gasteiger partial charge in [-0.15, -0.1) is 36.4 Å². The Hall–Kier alpha value is -1.67. The molecule has 1 aromatic carbocycles. The summed E-state index contributed by atoms with van der Waals surface area (Å²) >= 11 is 11.6. The van der Waals surface area contributed by atoms with Gasteiger partial charge in [-0.05, 0) is 31.2 Å². The molecule has 1 N–H and O–H groups in total. The van der Waals surface area contributed by atoms with Crippen molar-refractivity contribution in [3.63, 3.8) is 0 Å². The first-order chi connectivity index (χ1) is 10.9. The Kier molecular flexibility index (Phi) is 4.92. The third-order valence-corrected chi connectivity index (χ3v) is 4.52. The summed E-state index contributed by atoms with van der Waals surface area (Å²) in [5.74, 6) is -1.78. The molecule has 0 aromatic heterocycles. The highest BCUT2D eigenvalue weighted by Gasteiger charge is 2.69. The summed E-state index contributed by atoms with van der Waals surface area (Å²) in [4.78, 5) is 23.5. The molecule has 1 aromatic rings. The number of esters is 1. The third kappa shape index (κ3) is 4.45. The summed E-state index contributed by atoms with van der Waals surface area (Å²) in [5.41, 5.74) is -0.834. The lowest BCUT2D eigenvalue weighted by Gasteiger charge is -2.12. The standard InChI is InChI=1S/C14H12Cl2F3NO4/c1-12(7-13(12,15)16)11(22)23-6-10(21)20-8-2-4-9(5-3-8)24-14(17,18)19/h2-5H,6-7H2,1H3,(H,20,21)/t12-/m1/s1. The van der Waals surface area contributed by atoms with Gasteiger partial charge in [0.05, 0.1) is 0 Å². The Morgan fingerprint density at radius 1 is 1.25 bits per heavy atom. The molecule has 1 atom stereocenters. The number of hydrogen-bond acceptors (Lipinski definition) is 4. The van der Waals surface area contributed by atoms with E-state index in [1.54, 1.807) is 0 Å². The highest BCUT2D eigenvalue weighted by molar-refractivity contribution is 6.53. The van der Waals surface area contributed by atoms with Crippen molar-refractivity contribution in [3.8, 4) is 5.75 Å². The molecule has 0 heterocycles. The number of alkyl halides is 5. The molecule has 1 aliphatic carbocycles. The van der Waals surface area contributed by atoms with Gasteiger partial charge >= 0.3 is 12.3 Å². The Morgan fingerprint density at radius 2 is 1.79 bits per heavy atom. The van der Waals surface area contributed by atoms with E-state index in [-0.39, 0.29) is 12.1 Å². The van der Waals surface area contributed by atoms with Crippen LogP contribution in [0, 0.1) is 5.41 Å². The second kappa shape index (κ2) is 6.33. The van der Waals surface area contributed by atoms with E-state index in [2.05, 4.69) is 10.1 Å². The van der Waals surface area contributed by atoms with Crippen LogP contribution in [0.25, 0.3) is 0 Å². The van der Waals surface area contributed by atoms with Gasteiger partial charge in [0, 0.05) is 12.1 Å². The van der Waals surface area contributed by atoms with Crippen LogP contribution in [0.4, 0.5) is 18.9 Å². The number of ether oxygens (including phenoxy) is 2. The highest BCUT2D eigenvalue weighted by Crippen LogP contribution is 2.64. The molecule has 5 nitrogen and oxygen atoms in total. The average Bonchev–Trinajstić information content (AvgIpc) is 2.97. The van der Waals surface area contributed by atoms with E-state index < -0.39 is 40.3 Å². The summed E-state index contributed by atoms with van der Waals surface area (Å²) in [6.45, 7) is 0.950. The second-order valence-corrected chi connectivity index (χ2v) is 6.89. The Morgan fingerprint density at radius 3 is 2.25 bits per heavy atom. The Labute approximate surface area is 145 Å². The van der Waals surface area contributed by atoms with Crippen LogP contribution in [-0.4, -0.2) is 29.2 Å². The lowest BCUT2D eigenvalue weighted by Crippen LogP contribution is -2.26. The molecular weight excluding hydrogens is 374 g/mol. The molecule has 0 bridgehead atoms. The van der Waals surface area contributed by atoms with E-state index in [9.17, 15) is 22.8 Å². The minimum atomic E-state index is -4.79. The van der Waals surface area contributed by atoms with Crippen LogP contribution in [-0.2, 0) is 14.3 Å². The zero-order chi connectivity index (χ0) is 18.2. The molecule has 1 saturated carbocycles. The molecule has 0 spiro atoms. The summed E-state index contributed by atoms with van der Waals surface area (Å²) in [5, 5.41) is 2.36. The van der Waals surface area contributed by atoms with Crippen LogP contribution < -0.4 is 10.1 Å². The molecule has 10 heteroatoms. The third-order valence-electron chi connectivity index (χ3n) is 3.41. The number of benzene rings is 1. The van der Waals surface area contributed by atoms with E-state index in [1.165, 1.54) is 19.1 Å². The molecule has 1 amide bonds. The molecule has 0 saturated heterocycles. The zero-order valence-corrected chi connectivity index (χ0v) is 13.8. The minimum Gasteiger partial charge on any atom is -0.455 e. The van der Waals surface area contributed by atoms with Crippen molar-refractivity contribution in [2.75, 3.05) is 11.9 Å². The van der Waals surface area contributed by atoms with Crippen LogP contribution in [0.2, 0.25) is 0 Å². The predicted molar refractivity (Wildman–Crippen MR) is 79.9 cm³/mol. The number of carbonyl (C=O) groups is 2. The van der Waals surface area contributed by atoms with Crippen molar-refractivity contribution in [3.05, 3.63) is 24.3 Å². The van der Waals surface area contributed by atoms with Crippen LogP contribution in [0.15, 0.2) is 24.3 Å². The van der Waals surface area contributed by atoms with Crippen LogP contribution >= 0.6 is 23.2 Å². The van der Waals surface area contributed by atoms with Crippen molar-refractivity contribution in [2.24, 2.45) is 5.41 Å². The first-order valence-corrected chi connectivity index (χ1v) is 7.39. The van der Waals surface area contributed by atoms with Crippen molar-refractivity contribution in [2.45, 2.75) is 24.0 Å². The van der Waals surface area contributed by atoms with E-state index in [1.807, 2.05) is 0 Å². The van der Waals surface area contributed by atoms with E-state index in [0.29, 0.717) is 0 Å². The SMILES string of the molecule is C[C@]1(C(=O)OCC(=O)Nc2ccc(OC(F)(F)F)cc2)CC1(Cl)Cl. The Bertz CT molecular complexity index is 648. The molecule has 1 fully saturated rings. The summed E-state index contributed by atoms with van der Waals surface area (Å²) < 4.78 is 43.4. The maximum Gasteiger partial charge on any atom is 0.573 e. The summed E-state index contributed by atoms with van der Waals surface area (Å²) in [7, 11) is 0. The predicted octanol–water partition coefficient (Wildman–Crippen LogP) is 3.65. The molecule has 24 heavy (non-hydrogen) atoms. The molecule has 0 radical (unpaired) electrons. The molecule has 2 rings (SSSR count). The van der Waals surface area contributed by atoms with Gasteiger partial charge in [0.15, 0.2) is 6.61 Å². The number of rotatable bonds is 5. The highest BCUT2D eigenvalue weighted by atomic mass is 35.5. The van der Waals surface area contributed by atoms with Gasteiger partial charge < -0.3 is 14.8 Å². The fourth-order valence-corrected chi connectivity index (χ4v) is 2.54. The van der Waals surface area contributed by atoms with Crippen LogP contribution in [0.3, 0.4) is 0 Å². The monoisotopic (exact) mass is 385 g/mol. The number of anilines is 1. The number of amides is 1. The van der Waals surface area contributed by atoms with E-state index in [0.717, 1.165) is 12.1 Å². The van der Waals surface area contributed by atoms with Gasteiger partial charge in [0.2, 0.25) is 0 Å². The van der Waals surface area contributed by atoms with Gasteiger partial charge in [0.25, 0.3) is 5.91 Å². The topological polar surface area (TPSA) is 64.6 Å². The number of nitrogens with one attached hydrogen (secondary N) is 1. The lowest BCUT2D eigenvalue weighted by atomic mass is 10.1.